The summed E-state index contributed by atoms with van der Waals surface area (Å²) in [7, 11) is 0. The number of hydrogen-bond donors (Lipinski definition) is 1. The van der Waals surface area contributed by atoms with Crippen LogP contribution in [0, 0.1) is 0 Å². The van der Waals surface area contributed by atoms with Crippen molar-refractivity contribution in [2.24, 2.45) is 0 Å². The molecule has 0 saturated heterocycles. The van der Waals surface area contributed by atoms with E-state index in [0.717, 1.165) is 0 Å². The molecule has 1 aromatic rings. The summed E-state index contributed by atoms with van der Waals surface area (Å²) in [4.78, 5) is 6.16. The maximum absolute atomic E-state index is 8.90. The van der Waals surface area contributed by atoms with Crippen LogP contribution in [-0.4, -0.2) is 22.2 Å². The molecule has 0 aliphatic heterocycles. The van der Waals surface area contributed by atoms with Crippen molar-refractivity contribution >= 4 is 6.01 Å². The fourth-order valence-electron chi connectivity index (χ4n) is 1.26. The highest BCUT2D eigenvalue weighted by Gasteiger charge is 2.24. The van der Waals surface area contributed by atoms with E-state index in [4.69, 9.17) is 9.52 Å². The average molecular weight is 210 g/mol. The Morgan fingerprint density at radius 3 is 2.67 bits per heavy atom. The molecule has 0 fully saturated rings. The Bertz CT molecular complexity index is 326. The fraction of sp³-hybridized carbons (Fsp3) is 0.545. The van der Waals surface area contributed by atoms with Gasteiger partial charge in [0, 0.05) is 12.1 Å². The summed E-state index contributed by atoms with van der Waals surface area (Å²) in [6.07, 6.45) is 3.27. The van der Waals surface area contributed by atoms with Crippen molar-refractivity contribution in [3.8, 4) is 0 Å². The van der Waals surface area contributed by atoms with E-state index in [1.807, 2.05) is 4.90 Å². The third-order valence-electron chi connectivity index (χ3n) is 2.05. The van der Waals surface area contributed by atoms with E-state index < -0.39 is 0 Å². The zero-order valence-corrected chi connectivity index (χ0v) is 9.53. The number of rotatable bonds is 4. The minimum Gasteiger partial charge on any atom is -0.432 e. The Kier molecular flexibility index (Phi) is 3.52. The molecule has 0 aliphatic rings. The first kappa shape index (κ1) is 11.8. The Morgan fingerprint density at radius 2 is 2.27 bits per heavy atom. The van der Waals surface area contributed by atoms with Crippen molar-refractivity contribution in [1.29, 1.82) is 0 Å². The molecule has 0 atom stereocenters. The van der Waals surface area contributed by atoms with E-state index in [9.17, 15) is 0 Å². The topological polar surface area (TPSA) is 49.5 Å². The molecular formula is C11H18N2O2. The first-order valence-electron chi connectivity index (χ1n) is 4.93. The summed E-state index contributed by atoms with van der Waals surface area (Å²) < 4.78 is 5.30. The molecule has 1 N–H and O–H groups in total. The van der Waals surface area contributed by atoms with E-state index in [2.05, 4.69) is 32.3 Å². The number of aliphatic hydroxyl groups excluding tert-OH is 1. The molecule has 0 saturated carbocycles. The monoisotopic (exact) mass is 210 g/mol. The SMILES string of the molecule is C=CCN(c1nc(CO)co1)C(C)(C)C. The number of oxazole rings is 1. The normalized spacial score (nSPS) is 11.5. The van der Waals surface area contributed by atoms with Gasteiger partial charge in [0.15, 0.2) is 0 Å². The molecule has 4 heteroatoms. The van der Waals surface area contributed by atoms with Crippen LogP contribution in [0.1, 0.15) is 26.5 Å². The van der Waals surface area contributed by atoms with Gasteiger partial charge >= 0.3 is 0 Å². The lowest BCUT2D eigenvalue weighted by atomic mass is 10.1. The van der Waals surface area contributed by atoms with Gasteiger partial charge in [-0.2, -0.15) is 4.98 Å². The summed E-state index contributed by atoms with van der Waals surface area (Å²) in [5.74, 6) is 0. The molecule has 0 aromatic carbocycles. The largest absolute Gasteiger partial charge is 0.432 e. The Morgan fingerprint density at radius 1 is 1.60 bits per heavy atom. The molecule has 0 unspecified atom stereocenters. The van der Waals surface area contributed by atoms with Crippen molar-refractivity contribution in [2.75, 3.05) is 11.4 Å². The average Bonchev–Trinajstić information content (AvgIpc) is 2.60. The summed E-state index contributed by atoms with van der Waals surface area (Å²) in [6, 6.07) is 0.520. The molecule has 15 heavy (non-hydrogen) atoms. The van der Waals surface area contributed by atoms with Gasteiger partial charge in [-0.05, 0) is 20.8 Å². The molecule has 1 heterocycles. The van der Waals surface area contributed by atoms with Crippen molar-refractivity contribution in [2.45, 2.75) is 32.9 Å². The van der Waals surface area contributed by atoms with Gasteiger partial charge in [0.1, 0.15) is 12.0 Å². The van der Waals surface area contributed by atoms with Crippen LogP contribution in [-0.2, 0) is 6.61 Å². The molecule has 0 amide bonds. The van der Waals surface area contributed by atoms with Crippen LogP contribution in [0.5, 0.6) is 0 Å². The van der Waals surface area contributed by atoms with Gasteiger partial charge < -0.3 is 14.4 Å². The van der Waals surface area contributed by atoms with E-state index in [-0.39, 0.29) is 12.1 Å². The van der Waals surface area contributed by atoms with Crippen LogP contribution < -0.4 is 4.90 Å². The van der Waals surface area contributed by atoms with Gasteiger partial charge in [-0.3, -0.25) is 0 Å². The lowest BCUT2D eigenvalue weighted by Crippen LogP contribution is -2.41. The van der Waals surface area contributed by atoms with Crippen LogP contribution in [0.15, 0.2) is 23.3 Å². The maximum Gasteiger partial charge on any atom is 0.298 e. The van der Waals surface area contributed by atoms with Gasteiger partial charge in [0.2, 0.25) is 0 Å². The maximum atomic E-state index is 8.90. The first-order valence-corrected chi connectivity index (χ1v) is 4.93. The van der Waals surface area contributed by atoms with Gasteiger partial charge in [0.25, 0.3) is 6.01 Å². The van der Waals surface area contributed by atoms with Crippen molar-refractivity contribution in [1.82, 2.24) is 4.98 Å². The predicted octanol–water partition coefficient (Wildman–Crippen LogP) is 1.96. The molecule has 1 aromatic heterocycles. The van der Waals surface area contributed by atoms with Crippen molar-refractivity contribution in [3.63, 3.8) is 0 Å². The quantitative estimate of drug-likeness (QED) is 0.772. The molecule has 0 bridgehead atoms. The number of aromatic nitrogens is 1. The highest BCUT2D eigenvalue weighted by Crippen LogP contribution is 2.22. The number of anilines is 1. The molecule has 0 aliphatic carbocycles. The van der Waals surface area contributed by atoms with E-state index in [1.54, 1.807) is 6.08 Å². The van der Waals surface area contributed by atoms with Crippen LogP contribution in [0.4, 0.5) is 6.01 Å². The molecule has 0 spiro atoms. The van der Waals surface area contributed by atoms with E-state index in [0.29, 0.717) is 18.3 Å². The van der Waals surface area contributed by atoms with Crippen LogP contribution in [0.2, 0.25) is 0 Å². The Balaban J connectivity index is 2.93. The fourth-order valence-corrected chi connectivity index (χ4v) is 1.26. The molecule has 1 rings (SSSR count). The lowest BCUT2D eigenvalue weighted by molar-refractivity contribution is 0.276. The molecule has 0 radical (unpaired) electrons. The summed E-state index contributed by atoms with van der Waals surface area (Å²) in [6.45, 7) is 10.5. The highest BCUT2D eigenvalue weighted by molar-refractivity contribution is 5.32. The van der Waals surface area contributed by atoms with Crippen molar-refractivity contribution in [3.05, 3.63) is 24.6 Å². The first-order chi connectivity index (χ1) is 6.99. The van der Waals surface area contributed by atoms with Crippen LogP contribution in [0.25, 0.3) is 0 Å². The Hall–Kier alpha value is -1.29. The summed E-state index contributed by atoms with van der Waals surface area (Å²) in [5.41, 5.74) is 0.453. The van der Waals surface area contributed by atoms with E-state index in [1.165, 1.54) is 6.26 Å². The van der Waals surface area contributed by atoms with Crippen molar-refractivity contribution < 1.29 is 9.52 Å². The third kappa shape index (κ3) is 2.83. The molecule has 84 valence electrons. The number of hydrogen-bond acceptors (Lipinski definition) is 4. The third-order valence-corrected chi connectivity index (χ3v) is 2.05. The lowest BCUT2D eigenvalue weighted by Gasteiger charge is -2.33. The van der Waals surface area contributed by atoms with E-state index >= 15 is 0 Å². The minimum absolute atomic E-state index is 0.0915. The zero-order chi connectivity index (χ0) is 11.5. The predicted molar refractivity (Wildman–Crippen MR) is 59.7 cm³/mol. The summed E-state index contributed by atoms with van der Waals surface area (Å²) >= 11 is 0. The molecular weight excluding hydrogens is 192 g/mol. The number of aliphatic hydroxyl groups is 1. The van der Waals surface area contributed by atoms with Crippen LogP contribution in [0.3, 0.4) is 0 Å². The van der Waals surface area contributed by atoms with Gasteiger partial charge in [0.05, 0.1) is 6.61 Å². The zero-order valence-electron chi connectivity index (χ0n) is 9.53. The second-order valence-corrected chi connectivity index (χ2v) is 4.35. The van der Waals surface area contributed by atoms with Gasteiger partial charge in [-0.25, -0.2) is 0 Å². The minimum atomic E-state index is -0.102. The smallest absolute Gasteiger partial charge is 0.298 e. The molecule has 4 nitrogen and oxygen atoms in total. The van der Waals surface area contributed by atoms with Crippen LogP contribution >= 0.6 is 0 Å². The number of nitrogens with zero attached hydrogens (tertiary/aromatic N) is 2. The second-order valence-electron chi connectivity index (χ2n) is 4.35. The van der Waals surface area contributed by atoms with Gasteiger partial charge in [-0.15, -0.1) is 6.58 Å². The second kappa shape index (κ2) is 4.49. The van der Waals surface area contributed by atoms with Gasteiger partial charge in [-0.1, -0.05) is 6.08 Å². The summed E-state index contributed by atoms with van der Waals surface area (Å²) in [5, 5.41) is 8.90. The Labute approximate surface area is 90.2 Å². The highest BCUT2D eigenvalue weighted by atomic mass is 16.4. The standard InChI is InChI=1S/C11H18N2O2/c1-5-6-13(11(2,3)4)10-12-9(7-14)8-15-10/h5,8,14H,1,6-7H2,2-4H3.